The Labute approximate surface area is 589 Å². The normalized spacial score (nSPS) is 16.2. The van der Waals surface area contributed by atoms with Gasteiger partial charge < -0.3 is 89.5 Å². The molecule has 7 rings (SSSR count). The summed E-state index contributed by atoms with van der Waals surface area (Å²) in [7, 11) is -3.60. The molecular formula is C68H92FN11O21S. The summed E-state index contributed by atoms with van der Waals surface area (Å²) in [5, 5.41) is 30.0. The number of halogens is 1. The van der Waals surface area contributed by atoms with Crippen molar-refractivity contribution in [1.29, 1.82) is 0 Å². The topological polar surface area (TPSA) is 419 Å². The monoisotopic (exact) mass is 1450 g/mol. The number of esters is 1. The quantitative estimate of drug-likeness (QED) is 0.00847. The van der Waals surface area contributed by atoms with Gasteiger partial charge >= 0.3 is 5.97 Å². The molecule has 0 spiro atoms. The van der Waals surface area contributed by atoms with E-state index in [0.717, 1.165) is 6.26 Å². The highest BCUT2D eigenvalue weighted by molar-refractivity contribution is 7.90. The predicted molar refractivity (Wildman–Crippen MR) is 362 cm³/mol. The van der Waals surface area contributed by atoms with Gasteiger partial charge in [-0.1, -0.05) is 18.8 Å². The van der Waals surface area contributed by atoms with Gasteiger partial charge in [-0.3, -0.25) is 38.4 Å². The number of pyridine rings is 2. The van der Waals surface area contributed by atoms with Gasteiger partial charge in [-0.2, -0.15) is 0 Å². The van der Waals surface area contributed by atoms with Crippen LogP contribution in [-0.4, -0.2) is 223 Å². The number of ether oxygens (including phenoxy) is 9. The lowest BCUT2D eigenvalue weighted by Gasteiger charge is -2.31. The minimum atomic E-state index is -3.60. The standard InChI is InChI=1S/C68H92FN11O21S/c1-8-68(90)49-33-54-60-47(37-80(54)65(88)48(49)38-101-66(68)89)59-51(16-15-46-41(3)50(69)34-53(79-60)58(46)59)77-57(83)39-100-40-73-61(84)42(4)75-63(86)44(6)76-62(85)43(5)74-56(82)18-17-52(78-55(81)14-12-10-11-13-45-35-71-67(72-36-45)102(7,91)92)64(87)70-19-20-94-23-24-96-27-28-98-31-32-99-30-29-97-26-25-95-22-21-93-9-2/h33-36,42-44,51-52,90H,8-10,12,14-32,37-40H2,1-7H3,(H,70,87)(H,73,84)(H,74,82)(H,75,86)(H,76,85)(H,77,83)(H,78,81)/t42-,43-,44+,51-,52-,68-/m0/s1. The minimum absolute atomic E-state index is 0.0323. The fraction of sp³-hybridized carbons (Fsp3) is 0.588. The first kappa shape index (κ1) is 80.8. The van der Waals surface area contributed by atoms with Gasteiger partial charge in [0.15, 0.2) is 5.60 Å². The molecule has 0 radical (unpaired) electrons. The molecule has 34 heteroatoms. The van der Waals surface area contributed by atoms with Crippen LogP contribution in [0.2, 0.25) is 0 Å². The lowest BCUT2D eigenvalue weighted by atomic mass is 9.81. The molecule has 7 amide bonds. The van der Waals surface area contributed by atoms with Crippen molar-refractivity contribution in [2.24, 2.45) is 0 Å². The highest BCUT2D eigenvalue weighted by Crippen LogP contribution is 2.46. The third-order valence-electron chi connectivity index (χ3n) is 16.8. The maximum Gasteiger partial charge on any atom is 0.343 e. The lowest BCUT2D eigenvalue weighted by Crippen LogP contribution is -2.54. The summed E-state index contributed by atoms with van der Waals surface area (Å²) in [5.74, 6) is -0.273. The van der Waals surface area contributed by atoms with Crippen molar-refractivity contribution in [3.8, 4) is 23.2 Å². The molecule has 1 aromatic carbocycles. The van der Waals surface area contributed by atoms with Gasteiger partial charge in [0, 0.05) is 73.6 Å². The van der Waals surface area contributed by atoms with Gasteiger partial charge in [-0.15, -0.1) is 0 Å². The van der Waals surface area contributed by atoms with E-state index in [1.807, 2.05) is 6.92 Å². The molecule has 32 nitrogen and oxygen atoms in total. The van der Waals surface area contributed by atoms with E-state index in [0.29, 0.717) is 136 Å². The maximum atomic E-state index is 15.4. The Balaban J connectivity index is 0.809. The van der Waals surface area contributed by atoms with Crippen LogP contribution >= 0.6 is 0 Å². The van der Waals surface area contributed by atoms with Crippen LogP contribution in [0.25, 0.3) is 22.3 Å². The van der Waals surface area contributed by atoms with Gasteiger partial charge in [0.1, 0.15) is 49.9 Å². The van der Waals surface area contributed by atoms with Crippen LogP contribution in [0.5, 0.6) is 0 Å². The molecule has 102 heavy (non-hydrogen) atoms. The van der Waals surface area contributed by atoms with Crippen molar-refractivity contribution in [2.75, 3.05) is 119 Å². The number of aliphatic hydroxyl groups is 1. The maximum absolute atomic E-state index is 15.4. The summed E-state index contributed by atoms with van der Waals surface area (Å²) in [6, 6.07) is -2.55. The van der Waals surface area contributed by atoms with Gasteiger partial charge in [-0.25, -0.2) is 32.6 Å². The number of cyclic esters (lactones) is 1. The smallest absolute Gasteiger partial charge is 0.343 e. The minimum Gasteiger partial charge on any atom is -0.458 e. The van der Waals surface area contributed by atoms with Gasteiger partial charge in [0.25, 0.3) is 5.56 Å². The summed E-state index contributed by atoms with van der Waals surface area (Å²) in [5.41, 5.74) is 1.35. The first-order chi connectivity index (χ1) is 48.9. The second kappa shape index (κ2) is 39.8. The van der Waals surface area contributed by atoms with Crippen LogP contribution in [-0.2, 0) is 116 Å². The number of hydrogen-bond donors (Lipinski definition) is 8. The molecule has 6 atom stereocenters. The van der Waals surface area contributed by atoms with Crippen molar-refractivity contribution in [3.63, 3.8) is 0 Å². The third-order valence-corrected chi connectivity index (χ3v) is 17.6. The molecular weight excluding hydrogens is 1360 g/mol. The molecule has 2 aliphatic heterocycles. The molecule has 4 aromatic rings. The number of aromatic nitrogens is 4. The van der Waals surface area contributed by atoms with Gasteiger partial charge in [-0.05, 0) is 89.5 Å². The molecule has 0 fully saturated rings. The number of amides is 7. The van der Waals surface area contributed by atoms with E-state index in [2.05, 4.69) is 59.0 Å². The Morgan fingerprint density at radius 3 is 1.90 bits per heavy atom. The van der Waals surface area contributed by atoms with Crippen LogP contribution in [0, 0.1) is 24.6 Å². The summed E-state index contributed by atoms with van der Waals surface area (Å²) in [6.07, 6.45) is 4.15. The Morgan fingerprint density at radius 1 is 0.725 bits per heavy atom. The molecule has 3 aromatic heterocycles. The molecule has 5 heterocycles. The molecule has 0 saturated carbocycles. The number of aryl methyl sites for hydroxylation is 1. The predicted octanol–water partition coefficient (Wildman–Crippen LogP) is 0.168. The van der Waals surface area contributed by atoms with Crippen LogP contribution < -0.4 is 42.8 Å². The van der Waals surface area contributed by atoms with Crippen molar-refractivity contribution in [2.45, 2.75) is 147 Å². The molecule has 8 N–H and O–H groups in total. The summed E-state index contributed by atoms with van der Waals surface area (Å²) >= 11 is 0. The van der Waals surface area contributed by atoms with Crippen molar-refractivity contribution >= 4 is 68.1 Å². The number of carbonyl (C=O) groups is 8. The van der Waals surface area contributed by atoms with E-state index in [9.17, 15) is 56.7 Å². The van der Waals surface area contributed by atoms with E-state index < -0.39 is 118 Å². The number of hydrogen-bond acceptors (Lipinski definition) is 24. The average Bonchev–Trinajstić information content (AvgIpc) is 1.49. The zero-order chi connectivity index (χ0) is 73.9. The highest BCUT2D eigenvalue weighted by Gasteiger charge is 2.46. The van der Waals surface area contributed by atoms with Gasteiger partial charge in [0.05, 0.1) is 127 Å². The Morgan fingerprint density at radius 2 is 1.30 bits per heavy atom. The zero-order valence-corrected chi connectivity index (χ0v) is 59.3. The summed E-state index contributed by atoms with van der Waals surface area (Å²) in [4.78, 5) is 132. The fourth-order valence-electron chi connectivity index (χ4n) is 11.3. The number of nitrogens with one attached hydrogen (secondary N) is 7. The number of nitrogens with zero attached hydrogens (tertiary/aromatic N) is 4. The van der Waals surface area contributed by atoms with E-state index in [4.69, 9.17) is 47.6 Å². The van der Waals surface area contributed by atoms with Crippen molar-refractivity contribution in [3.05, 3.63) is 79.6 Å². The second-order valence-corrected chi connectivity index (χ2v) is 26.2. The molecule has 3 aliphatic rings. The Bertz CT molecular complexity index is 3870. The number of rotatable bonds is 43. The van der Waals surface area contributed by atoms with Crippen molar-refractivity contribution in [1.82, 2.24) is 56.7 Å². The first-order valence-electron chi connectivity index (χ1n) is 33.8. The molecule has 0 saturated heterocycles. The Kier molecular flexibility index (Phi) is 31.5. The molecule has 1 aliphatic carbocycles. The number of unbranched alkanes of at least 4 members (excludes halogenated alkanes) is 1. The number of benzene rings is 1. The van der Waals surface area contributed by atoms with Crippen LogP contribution in [0.15, 0.2) is 34.5 Å². The lowest BCUT2D eigenvalue weighted by molar-refractivity contribution is -0.172. The van der Waals surface area contributed by atoms with E-state index in [1.165, 1.54) is 43.8 Å². The van der Waals surface area contributed by atoms with Crippen molar-refractivity contribution < 1.29 is 98.9 Å². The van der Waals surface area contributed by atoms with Crippen LogP contribution in [0.1, 0.15) is 125 Å². The van der Waals surface area contributed by atoms with E-state index >= 15 is 4.39 Å². The fourth-order valence-corrected chi connectivity index (χ4v) is 11.7. The largest absolute Gasteiger partial charge is 0.458 e. The summed E-state index contributed by atoms with van der Waals surface area (Å²) in [6.45, 7) is 13.6. The highest BCUT2D eigenvalue weighted by atomic mass is 32.2. The van der Waals surface area contributed by atoms with E-state index in [-0.39, 0.29) is 94.3 Å². The number of fused-ring (bicyclic) bond motifs is 5. The third kappa shape index (κ3) is 23.0. The Hall–Kier alpha value is -8.50. The summed E-state index contributed by atoms with van der Waals surface area (Å²) < 4.78 is 89.2. The SMILES string of the molecule is CCOCCOCCOCCOCCOCCOCCOCCNC(=O)[C@H](CCC(=O)N[C@@H](C)C(=O)N[C@H](C)C(=O)N[C@@H](C)C(=O)NCOCC(=O)N[C@H]1CCc2c(C)c(F)cc3nc4c(c1c23)Cn1c-4cc2c(c1=O)COC(=O)[C@]2(O)CC)NC(=O)CCCC#Cc1cnc(S(C)(=O)=O)nc1. The first-order valence-corrected chi connectivity index (χ1v) is 35.7. The number of sulfone groups is 1. The molecule has 0 unspecified atom stereocenters. The van der Waals surface area contributed by atoms with Crippen LogP contribution in [0.3, 0.4) is 0 Å². The molecule has 0 bridgehead atoms. The average molecular weight is 1450 g/mol. The zero-order valence-electron chi connectivity index (χ0n) is 58.5. The van der Waals surface area contributed by atoms with Crippen LogP contribution in [0.4, 0.5) is 4.39 Å². The van der Waals surface area contributed by atoms with Gasteiger partial charge in [0.2, 0.25) is 56.3 Å². The van der Waals surface area contributed by atoms with E-state index in [1.54, 1.807) is 19.9 Å². The number of carbonyl (C=O) groups excluding carboxylic acids is 8. The second-order valence-electron chi connectivity index (χ2n) is 24.3. The molecule has 558 valence electrons.